The molecule has 0 atom stereocenters. The fraction of sp³-hybridized carbons (Fsp3) is 0. The molecule has 1 aromatic carbocycles. The van der Waals surface area contributed by atoms with Crippen LogP contribution in [0.3, 0.4) is 0 Å². The number of benzene rings is 1. The van der Waals surface area contributed by atoms with Crippen molar-refractivity contribution in [1.29, 1.82) is 0 Å². The minimum absolute atomic E-state index is 0.415. The largest absolute Gasteiger partial charge is 0.345 e. The van der Waals surface area contributed by atoms with Gasteiger partial charge in [-0.25, -0.2) is 9.97 Å². The van der Waals surface area contributed by atoms with Crippen molar-refractivity contribution in [3.63, 3.8) is 0 Å². The molecule has 0 fully saturated rings. The number of fused-ring (bicyclic) bond motifs is 1. The van der Waals surface area contributed by atoms with E-state index in [4.69, 9.17) is 11.6 Å². The topological polar surface area (TPSA) is 41.6 Å². The van der Waals surface area contributed by atoms with Crippen molar-refractivity contribution in [1.82, 2.24) is 15.0 Å². The monoisotopic (exact) mass is 253 g/mol. The van der Waals surface area contributed by atoms with Gasteiger partial charge in [0.05, 0.1) is 10.9 Å². The molecule has 3 rings (SSSR count). The van der Waals surface area contributed by atoms with Crippen LogP contribution < -0.4 is 0 Å². The summed E-state index contributed by atoms with van der Waals surface area (Å²) in [5.74, 6) is 6.16. The highest BCUT2D eigenvalue weighted by Crippen LogP contribution is 2.22. The third-order valence-corrected chi connectivity index (χ3v) is 2.83. The molecule has 0 bridgehead atoms. The molecule has 0 aliphatic rings. The van der Waals surface area contributed by atoms with Gasteiger partial charge in [-0.15, -0.1) is 0 Å². The normalized spacial score (nSPS) is 10.1. The standard InChI is InChI=1S/C14H8ClN3/c15-13-12-11(8-16-14(12)18-9-17-13)7-6-10-4-2-1-3-5-10/h1-5,8-9H,(H,16,17,18). The smallest absolute Gasteiger partial charge is 0.143 e. The molecule has 0 saturated carbocycles. The highest BCUT2D eigenvalue weighted by atomic mass is 35.5. The lowest BCUT2D eigenvalue weighted by Gasteiger charge is -1.92. The van der Waals surface area contributed by atoms with Crippen LogP contribution in [0.15, 0.2) is 42.9 Å². The fourth-order valence-electron chi connectivity index (χ4n) is 1.68. The number of H-pyrrole nitrogens is 1. The lowest BCUT2D eigenvalue weighted by atomic mass is 10.2. The van der Waals surface area contributed by atoms with Crippen molar-refractivity contribution in [3.8, 4) is 11.8 Å². The van der Waals surface area contributed by atoms with Crippen LogP contribution in [0.1, 0.15) is 11.1 Å². The van der Waals surface area contributed by atoms with Crippen molar-refractivity contribution in [2.75, 3.05) is 0 Å². The van der Waals surface area contributed by atoms with E-state index < -0.39 is 0 Å². The predicted octanol–water partition coefficient (Wildman–Crippen LogP) is 3.01. The van der Waals surface area contributed by atoms with Crippen LogP contribution in [0.5, 0.6) is 0 Å². The molecule has 3 aromatic rings. The van der Waals surface area contributed by atoms with Gasteiger partial charge >= 0.3 is 0 Å². The van der Waals surface area contributed by atoms with Gasteiger partial charge < -0.3 is 4.98 Å². The fourth-order valence-corrected chi connectivity index (χ4v) is 1.92. The number of aromatic amines is 1. The summed E-state index contributed by atoms with van der Waals surface area (Å²) in [6.07, 6.45) is 3.22. The zero-order chi connectivity index (χ0) is 12.4. The Balaban J connectivity index is 2.09. The van der Waals surface area contributed by atoms with Gasteiger partial charge in [0, 0.05) is 11.8 Å². The second-order valence-electron chi connectivity index (χ2n) is 3.71. The van der Waals surface area contributed by atoms with Crippen LogP contribution >= 0.6 is 11.6 Å². The molecule has 0 radical (unpaired) electrons. The molecule has 0 aliphatic carbocycles. The summed E-state index contributed by atoms with van der Waals surface area (Å²) in [4.78, 5) is 11.1. The van der Waals surface area contributed by atoms with Crippen LogP contribution in [0.4, 0.5) is 0 Å². The van der Waals surface area contributed by atoms with Crippen molar-refractivity contribution in [2.45, 2.75) is 0 Å². The number of nitrogens with one attached hydrogen (secondary N) is 1. The first-order chi connectivity index (χ1) is 8.84. The Bertz CT molecular complexity index is 751. The molecule has 0 aliphatic heterocycles. The number of nitrogens with zero attached hydrogens (tertiary/aromatic N) is 2. The number of hydrogen-bond acceptors (Lipinski definition) is 2. The summed E-state index contributed by atoms with van der Waals surface area (Å²) in [5, 5.41) is 1.18. The van der Waals surface area contributed by atoms with E-state index in [-0.39, 0.29) is 0 Å². The summed E-state index contributed by atoms with van der Waals surface area (Å²) < 4.78 is 0. The number of hydrogen-bond donors (Lipinski definition) is 1. The molecule has 2 heterocycles. The maximum atomic E-state index is 6.05. The Labute approximate surface area is 109 Å². The van der Waals surface area contributed by atoms with E-state index in [2.05, 4.69) is 26.8 Å². The zero-order valence-corrected chi connectivity index (χ0v) is 10.1. The van der Waals surface area contributed by atoms with E-state index >= 15 is 0 Å². The first-order valence-electron chi connectivity index (χ1n) is 5.39. The molecular formula is C14H8ClN3. The Morgan fingerprint density at radius 2 is 1.89 bits per heavy atom. The van der Waals surface area contributed by atoms with E-state index in [1.165, 1.54) is 6.33 Å². The Morgan fingerprint density at radius 1 is 1.06 bits per heavy atom. The van der Waals surface area contributed by atoms with Crippen LogP contribution in [-0.2, 0) is 0 Å². The van der Waals surface area contributed by atoms with Gasteiger partial charge in [-0.2, -0.15) is 0 Å². The molecule has 4 heteroatoms. The molecule has 0 amide bonds. The van der Waals surface area contributed by atoms with E-state index in [1.54, 1.807) is 6.20 Å². The average molecular weight is 254 g/mol. The van der Waals surface area contributed by atoms with Crippen LogP contribution in [-0.4, -0.2) is 15.0 Å². The van der Waals surface area contributed by atoms with Crippen molar-refractivity contribution in [3.05, 3.63) is 59.1 Å². The van der Waals surface area contributed by atoms with Gasteiger partial charge in [0.25, 0.3) is 0 Å². The lowest BCUT2D eigenvalue weighted by molar-refractivity contribution is 1.20. The van der Waals surface area contributed by atoms with E-state index in [9.17, 15) is 0 Å². The van der Waals surface area contributed by atoms with E-state index in [0.29, 0.717) is 10.8 Å². The first-order valence-corrected chi connectivity index (χ1v) is 5.77. The zero-order valence-electron chi connectivity index (χ0n) is 9.31. The van der Waals surface area contributed by atoms with E-state index in [1.807, 2.05) is 30.3 Å². The molecule has 3 nitrogen and oxygen atoms in total. The Hall–Kier alpha value is -2.31. The van der Waals surface area contributed by atoms with Gasteiger partial charge in [0.15, 0.2) is 0 Å². The Morgan fingerprint density at radius 3 is 2.72 bits per heavy atom. The molecule has 1 N–H and O–H groups in total. The number of rotatable bonds is 0. The van der Waals surface area contributed by atoms with Gasteiger partial charge in [-0.05, 0) is 12.1 Å². The third kappa shape index (κ3) is 1.94. The predicted molar refractivity (Wildman–Crippen MR) is 71.3 cm³/mol. The quantitative estimate of drug-likeness (QED) is 0.494. The molecule has 0 spiro atoms. The van der Waals surface area contributed by atoms with Crippen molar-refractivity contribution >= 4 is 22.6 Å². The first kappa shape index (κ1) is 10.8. The van der Waals surface area contributed by atoms with Crippen molar-refractivity contribution < 1.29 is 0 Å². The summed E-state index contributed by atoms with van der Waals surface area (Å²) in [6, 6.07) is 9.78. The highest BCUT2D eigenvalue weighted by Gasteiger charge is 2.07. The van der Waals surface area contributed by atoms with Gasteiger partial charge in [0.1, 0.15) is 17.1 Å². The highest BCUT2D eigenvalue weighted by molar-refractivity contribution is 6.34. The maximum absolute atomic E-state index is 6.05. The van der Waals surface area contributed by atoms with Gasteiger partial charge in [-0.3, -0.25) is 0 Å². The maximum Gasteiger partial charge on any atom is 0.143 e. The van der Waals surface area contributed by atoms with Crippen LogP contribution in [0, 0.1) is 11.8 Å². The van der Waals surface area contributed by atoms with E-state index in [0.717, 1.165) is 16.5 Å². The third-order valence-electron chi connectivity index (χ3n) is 2.54. The summed E-state index contributed by atoms with van der Waals surface area (Å²) in [5.41, 5.74) is 2.46. The molecule has 86 valence electrons. The van der Waals surface area contributed by atoms with Crippen LogP contribution in [0.2, 0.25) is 5.15 Å². The minimum atomic E-state index is 0.415. The summed E-state index contributed by atoms with van der Waals surface area (Å²) in [6.45, 7) is 0. The second-order valence-corrected chi connectivity index (χ2v) is 4.06. The number of halogens is 1. The lowest BCUT2D eigenvalue weighted by Crippen LogP contribution is -1.82. The molecule has 18 heavy (non-hydrogen) atoms. The van der Waals surface area contributed by atoms with Gasteiger partial charge in [0.2, 0.25) is 0 Å². The Kier molecular flexibility index (Phi) is 2.71. The van der Waals surface area contributed by atoms with Crippen molar-refractivity contribution in [2.24, 2.45) is 0 Å². The molecule has 2 aromatic heterocycles. The SMILES string of the molecule is Clc1ncnc2[nH]cc(C#Cc3ccccc3)c12. The molecular weight excluding hydrogens is 246 g/mol. The average Bonchev–Trinajstić information content (AvgIpc) is 2.82. The molecule has 0 unspecified atom stereocenters. The molecule has 0 saturated heterocycles. The summed E-state index contributed by atoms with van der Waals surface area (Å²) in [7, 11) is 0. The second kappa shape index (κ2) is 4.52. The summed E-state index contributed by atoms with van der Waals surface area (Å²) >= 11 is 6.05. The van der Waals surface area contributed by atoms with Gasteiger partial charge in [-0.1, -0.05) is 41.6 Å². The number of aromatic nitrogens is 3. The minimum Gasteiger partial charge on any atom is -0.345 e. The van der Waals surface area contributed by atoms with Crippen LogP contribution in [0.25, 0.3) is 11.0 Å².